The van der Waals surface area contributed by atoms with Crippen molar-refractivity contribution in [3.05, 3.63) is 45.9 Å². The van der Waals surface area contributed by atoms with Crippen molar-refractivity contribution in [1.29, 1.82) is 0 Å². The summed E-state index contributed by atoms with van der Waals surface area (Å²) in [6, 6.07) is 3.56. The van der Waals surface area contributed by atoms with Gasteiger partial charge in [-0.1, -0.05) is 23.2 Å². The Hall–Kier alpha value is -1.23. The second kappa shape index (κ2) is 5.87. The highest BCUT2D eigenvalue weighted by Crippen LogP contribution is 2.29. The van der Waals surface area contributed by atoms with Gasteiger partial charge in [0.2, 0.25) is 5.89 Å². The fraction of sp³-hybridized carbons (Fsp3) is 0.286. The van der Waals surface area contributed by atoms with Crippen LogP contribution in [0.15, 0.2) is 22.7 Å². The molecule has 0 atom stereocenters. The summed E-state index contributed by atoms with van der Waals surface area (Å²) in [6.07, 6.45) is 2.34. The summed E-state index contributed by atoms with van der Waals surface area (Å²) >= 11 is 18.0. The quantitative estimate of drug-likeness (QED) is 0.656. The molecule has 0 radical (unpaired) electrons. The number of alkyl halides is 1. The van der Waals surface area contributed by atoms with Crippen LogP contribution in [0.4, 0.5) is 0 Å². The number of aryl methyl sites for hydroxylation is 2. The van der Waals surface area contributed by atoms with E-state index in [1.807, 2.05) is 11.5 Å². The van der Waals surface area contributed by atoms with E-state index in [2.05, 4.69) is 9.97 Å². The molecule has 0 aliphatic carbocycles. The van der Waals surface area contributed by atoms with Gasteiger partial charge < -0.3 is 8.98 Å². The maximum atomic E-state index is 6.11. The van der Waals surface area contributed by atoms with Gasteiger partial charge in [-0.3, -0.25) is 0 Å². The molecule has 0 bridgehead atoms. The maximum absolute atomic E-state index is 6.11. The molecule has 1 aromatic carbocycles. The van der Waals surface area contributed by atoms with Gasteiger partial charge in [0.05, 0.1) is 27.3 Å². The van der Waals surface area contributed by atoms with Crippen LogP contribution in [-0.4, -0.2) is 20.4 Å². The van der Waals surface area contributed by atoms with Crippen molar-refractivity contribution in [3.8, 4) is 0 Å². The highest BCUT2D eigenvalue weighted by Gasteiger charge is 2.15. The van der Waals surface area contributed by atoms with Crippen molar-refractivity contribution in [2.24, 2.45) is 0 Å². The molecule has 0 aliphatic heterocycles. The average molecular weight is 345 g/mol. The van der Waals surface area contributed by atoms with Gasteiger partial charge in [-0.25, -0.2) is 9.97 Å². The first-order chi connectivity index (χ1) is 10.1. The largest absolute Gasteiger partial charge is 0.444 e. The minimum absolute atomic E-state index is 0.481. The number of rotatable bonds is 4. The summed E-state index contributed by atoms with van der Waals surface area (Å²) in [5.74, 6) is 2.73. The molecule has 0 saturated carbocycles. The van der Waals surface area contributed by atoms with Gasteiger partial charge >= 0.3 is 0 Å². The van der Waals surface area contributed by atoms with Gasteiger partial charge in [0.25, 0.3) is 0 Å². The normalized spacial score (nSPS) is 11.4. The number of fused-ring (bicyclic) bond motifs is 1. The number of hydrogen-bond acceptors (Lipinski definition) is 3. The van der Waals surface area contributed by atoms with E-state index in [0.717, 1.165) is 22.6 Å². The smallest absolute Gasteiger partial charge is 0.214 e. The molecule has 3 aromatic rings. The van der Waals surface area contributed by atoms with E-state index in [4.69, 9.17) is 39.2 Å². The molecule has 3 rings (SSSR count). The predicted octanol–water partition coefficient (Wildman–Crippen LogP) is 4.47. The average Bonchev–Trinajstić information content (AvgIpc) is 2.97. The number of nitrogens with zero attached hydrogens (tertiary/aromatic N) is 3. The number of benzene rings is 1. The van der Waals surface area contributed by atoms with Crippen LogP contribution in [0.3, 0.4) is 0 Å². The molecule has 7 heteroatoms. The van der Waals surface area contributed by atoms with E-state index < -0.39 is 0 Å². The second-order valence-corrected chi connectivity index (χ2v) is 5.87. The molecule has 0 spiro atoms. The first-order valence-corrected chi connectivity index (χ1v) is 7.69. The van der Waals surface area contributed by atoms with Crippen molar-refractivity contribution in [3.63, 3.8) is 0 Å². The van der Waals surface area contributed by atoms with E-state index in [-0.39, 0.29) is 0 Å². The Morgan fingerprint density at radius 3 is 2.67 bits per heavy atom. The van der Waals surface area contributed by atoms with Crippen LogP contribution in [0.1, 0.15) is 17.5 Å². The first kappa shape index (κ1) is 14.7. The maximum Gasteiger partial charge on any atom is 0.214 e. The van der Waals surface area contributed by atoms with E-state index in [1.54, 1.807) is 18.3 Å². The third-order valence-corrected chi connectivity index (χ3v) is 4.06. The van der Waals surface area contributed by atoms with E-state index in [9.17, 15) is 0 Å². The molecule has 0 amide bonds. The lowest BCUT2D eigenvalue weighted by molar-refractivity contribution is 0.456. The fourth-order valence-electron chi connectivity index (χ4n) is 2.23. The number of hydrogen-bond donors (Lipinski definition) is 0. The topological polar surface area (TPSA) is 43.9 Å². The summed E-state index contributed by atoms with van der Waals surface area (Å²) in [5.41, 5.74) is 1.67. The molecule has 0 N–H and O–H groups in total. The van der Waals surface area contributed by atoms with Crippen LogP contribution >= 0.6 is 34.8 Å². The minimum Gasteiger partial charge on any atom is -0.444 e. The molecule has 2 heterocycles. The van der Waals surface area contributed by atoms with Crippen LogP contribution in [-0.2, 0) is 13.0 Å². The molecule has 2 aromatic heterocycles. The van der Waals surface area contributed by atoms with Gasteiger partial charge in [-0.2, -0.15) is 0 Å². The molecule has 110 valence electrons. The predicted molar refractivity (Wildman–Crippen MR) is 84.5 cm³/mol. The lowest BCUT2D eigenvalue weighted by atomic mass is 10.3. The van der Waals surface area contributed by atoms with Gasteiger partial charge in [0.1, 0.15) is 18.1 Å². The van der Waals surface area contributed by atoms with E-state index in [1.165, 1.54) is 0 Å². The Morgan fingerprint density at radius 2 is 2.00 bits per heavy atom. The standard InChI is InChI=1S/C14H12Cl3N3O/c1-8-6-18-14(21-8)7-20-12-5-10(17)9(16)4-11(12)19-13(20)2-3-15/h4-6H,2-3,7H2,1H3. The van der Waals surface area contributed by atoms with Crippen molar-refractivity contribution in [1.82, 2.24) is 14.5 Å². The zero-order chi connectivity index (χ0) is 15.0. The van der Waals surface area contributed by atoms with Gasteiger partial charge in [0.15, 0.2) is 0 Å². The number of imidazole rings is 1. The Morgan fingerprint density at radius 1 is 1.24 bits per heavy atom. The SMILES string of the molecule is Cc1cnc(Cn2c(CCCl)nc3cc(Cl)c(Cl)cc32)o1. The molecule has 21 heavy (non-hydrogen) atoms. The van der Waals surface area contributed by atoms with E-state index >= 15 is 0 Å². The van der Waals surface area contributed by atoms with Crippen LogP contribution in [0.25, 0.3) is 11.0 Å². The number of halogens is 3. The van der Waals surface area contributed by atoms with Crippen molar-refractivity contribution >= 4 is 45.8 Å². The summed E-state index contributed by atoms with van der Waals surface area (Å²) in [5, 5.41) is 0.976. The Bertz CT molecular complexity index is 794. The fourth-order valence-corrected chi connectivity index (χ4v) is 2.72. The molecule has 4 nitrogen and oxygen atoms in total. The summed E-state index contributed by atoms with van der Waals surface area (Å²) in [4.78, 5) is 8.80. The highest BCUT2D eigenvalue weighted by atomic mass is 35.5. The lowest BCUT2D eigenvalue weighted by Crippen LogP contribution is -2.06. The number of oxazole rings is 1. The molecule has 0 fully saturated rings. The third-order valence-electron chi connectivity index (χ3n) is 3.15. The third kappa shape index (κ3) is 2.89. The molecule has 0 unspecified atom stereocenters. The van der Waals surface area contributed by atoms with Crippen molar-refractivity contribution < 1.29 is 4.42 Å². The van der Waals surface area contributed by atoms with Gasteiger partial charge in [0, 0.05) is 12.3 Å². The molecular weight excluding hydrogens is 333 g/mol. The zero-order valence-corrected chi connectivity index (χ0v) is 13.5. The molecular formula is C14H12Cl3N3O. The van der Waals surface area contributed by atoms with Crippen molar-refractivity contribution in [2.75, 3.05) is 5.88 Å². The summed E-state index contributed by atoms with van der Waals surface area (Å²) in [7, 11) is 0. The molecule has 0 aliphatic rings. The van der Waals surface area contributed by atoms with Crippen LogP contribution in [0.5, 0.6) is 0 Å². The highest BCUT2D eigenvalue weighted by molar-refractivity contribution is 6.42. The molecule has 0 saturated heterocycles. The van der Waals surface area contributed by atoms with Crippen LogP contribution in [0, 0.1) is 6.92 Å². The minimum atomic E-state index is 0.481. The van der Waals surface area contributed by atoms with Gasteiger partial charge in [-0.15, -0.1) is 11.6 Å². The van der Waals surface area contributed by atoms with Crippen LogP contribution in [0.2, 0.25) is 10.0 Å². The Labute approximate surface area is 136 Å². The Balaban J connectivity index is 2.12. The second-order valence-electron chi connectivity index (χ2n) is 4.67. The van der Waals surface area contributed by atoms with Crippen molar-refractivity contribution in [2.45, 2.75) is 19.9 Å². The Kier molecular flexibility index (Phi) is 4.11. The summed E-state index contributed by atoms with van der Waals surface area (Å²) in [6.45, 7) is 2.34. The zero-order valence-electron chi connectivity index (χ0n) is 11.2. The van der Waals surface area contributed by atoms with Gasteiger partial charge in [-0.05, 0) is 19.1 Å². The van der Waals surface area contributed by atoms with Crippen LogP contribution < -0.4 is 0 Å². The monoisotopic (exact) mass is 343 g/mol. The number of aromatic nitrogens is 3. The first-order valence-electron chi connectivity index (χ1n) is 6.40. The summed E-state index contributed by atoms with van der Waals surface area (Å²) < 4.78 is 7.55. The lowest BCUT2D eigenvalue weighted by Gasteiger charge is -2.06. The van der Waals surface area contributed by atoms with E-state index in [0.29, 0.717) is 34.8 Å².